The smallest absolute Gasteiger partial charge is 0.266 e. The highest BCUT2D eigenvalue weighted by Crippen LogP contribution is 2.56. The average molecular weight is 525 g/mol. The van der Waals surface area contributed by atoms with Crippen LogP contribution in [0.1, 0.15) is 30.8 Å². The van der Waals surface area contributed by atoms with Crippen molar-refractivity contribution in [3.05, 3.63) is 99.1 Å². The van der Waals surface area contributed by atoms with Crippen LogP contribution in [0.5, 0.6) is 0 Å². The second-order valence-electron chi connectivity index (χ2n) is 10.8. The normalized spacial score (nSPS) is 25.5. The number of benzene rings is 3. The summed E-state index contributed by atoms with van der Waals surface area (Å²) in [7, 11) is 0. The first kappa shape index (κ1) is 23.3. The standard InChI is InChI=1S/C30H25ClN4O3/c1-15(2)25-23-24(28(38)34(27(23)37)22-14-17(31)13-12-16(22)3)30(33-25)19-9-5-7-11-21(19)35-26(36)18-8-4-6-10-20(18)32-29(30)35/h4-15,23-25,33H,1-3H3/t23-,24-,25-,30+/m0/s1. The molecule has 0 bridgehead atoms. The number of nitrogens with one attached hydrogen (secondary N) is 1. The number of rotatable bonds is 2. The first-order valence-electron chi connectivity index (χ1n) is 12.8. The summed E-state index contributed by atoms with van der Waals surface area (Å²) in [6.45, 7) is 5.95. The van der Waals surface area contributed by atoms with Crippen molar-refractivity contribution in [3.63, 3.8) is 0 Å². The second kappa shape index (κ2) is 7.85. The summed E-state index contributed by atoms with van der Waals surface area (Å²) >= 11 is 6.31. The van der Waals surface area contributed by atoms with Crippen molar-refractivity contribution >= 4 is 40.0 Å². The number of amides is 2. The molecule has 0 aliphatic carbocycles. The lowest BCUT2D eigenvalue weighted by molar-refractivity contribution is -0.123. The van der Waals surface area contributed by atoms with Crippen LogP contribution >= 0.6 is 11.6 Å². The van der Waals surface area contributed by atoms with E-state index in [1.807, 2.05) is 69.3 Å². The van der Waals surface area contributed by atoms with Crippen LogP contribution in [0.2, 0.25) is 5.02 Å². The van der Waals surface area contributed by atoms with Gasteiger partial charge >= 0.3 is 0 Å². The van der Waals surface area contributed by atoms with E-state index in [2.05, 4.69) is 5.32 Å². The van der Waals surface area contributed by atoms with E-state index < -0.39 is 17.4 Å². The quantitative estimate of drug-likeness (QED) is 0.394. The summed E-state index contributed by atoms with van der Waals surface area (Å²) in [4.78, 5) is 48.8. The van der Waals surface area contributed by atoms with E-state index in [1.54, 1.807) is 22.8 Å². The number of halogens is 1. The molecule has 190 valence electrons. The molecule has 3 aliphatic heterocycles. The van der Waals surface area contributed by atoms with E-state index in [4.69, 9.17) is 16.6 Å². The number of nitrogens with zero attached hydrogens (tertiary/aromatic N) is 3. The highest BCUT2D eigenvalue weighted by Gasteiger charge is 2.70. The molecule has 0 unspecified atom stereocenters. The van der Waals surface area contributed by atoms with Gasteiger partial charge in [0.05, 0.1) is 34.1 Å². The number of carbonyl (C=O) groups excluding carboxylic acids is 2. The average Bonchev–Trinajstić information content (AvgIpc) is 3.50. The fraction of sp³-hybridized carbons (Fsp3) is 0.267. The molecule has 4 heterocycles. The number of aromatic nitrogens is 2. The van der Waals surface area contributed by atoms with Gasteiger partial charge in [-0.1, -0.05) is 61.8 Å². The Kier molecular flexibility index (Phi) is 4.82. The Bertz CT molecular complexity index is 1760. The van der Waals surface area contributed by atoms with Gasteiger partial charge in [0.2, 0.25) is 11.8 Å². The molecule has 2 fully saturated rings. The summed E-state index contributed by atoms with van der Waals surface area (Å²) in [5.74, 6) is -1.51. The number of imide groups is 1. The van der Waals surface area contributed by atoms with Crippen molar-refractivity contribution in [1.29, 1.82) is 0 Å². The minimum atomic E-state index is -1.15. The molecular weight excluding hydrogens is 500 g/mol. The minimum Gasteiger partial charge on any atom is -0.296 e. The van der Waals surface area contributed by atoms with Crippen LogP contribution in [0, 0.1) is 24.7 Å². The van der Waals surface area contributed by atoms with Crippen LogP contribution in [0.15, 0.2) is 71.5 Å². The van der Waals surface area contributed by atoms with Crippen molar-refractivity contribution in [3.8, 4) is 5.69 Å². The van der Waals surface area contributed by atoms with Gasteiger partial charge in [0, 0.05) is 16.6 Å². The molecule has 4 atom stereocenters. The molecule has 3 aliphatic rings. The molecule has 3 aromatic carbocycles. The number of aryl methyl sites for hydroxylation is 1. The molecule has 1 aromatic heterocycles. The van der Waals surface area contributed by atoms with Crippen molar-refractivity contribution < 1.29 is 9.59 Å². The zero-order chi connectivity index (χ0) is 26.5. The van der Waals surface area contributed by atoms with Crippen LogP contribution in [-0.4, -0.2) is 27.4 Å². The van der Waals surface area contributed by atoms with E-state index in [0.717, 1.165) is 11.1 Å². The van der Waals surface area contributed by atoms with Crippen LogP contribution in [0.3, 0.4) is 0 Å². The summed E-state index contributed by atoms with van der Waals surface area (Å²) in [6.07, 6.45) is 0. The van der Waals surface area contributed by atoms with Gasteiger partial charge in [-0.25, -0.2) is 9.88 Å². The van der Waals surface area contributed by atoms with Crippen molar-refractivity contribution in [2.75, 3.05) is 4.90 Å². The number of anilines is 1. The lowest BCUT2D eigenvalue weighted by Gasteiger charge is -2.32. The van der Waals surface area contributed by atoms with Crippen LogP contribution in [-0.2, 0) is 15.1 Å². The predicted octanol–water partition coefficient (Wildman–Crippen LogP) is 4.34. The van der Waals surface area contributed by atoms with Gasteiger partial charge in [-0.3, -0.25) is 24.3 Å². The van der Waals surface area contributed by atoms with Crippen molar-refractivity contribution in [1.82, 2.24) is 14.9 Å². The second-order valence-corrected chi connectivity index (χ2v) is 11.2. The number of hydrogen-bond acceptors (Lipinski definition) is 5. The number of hydrogen-bond donors (Lipinski definition) is 1. The maximum atomic E-state index is 14.5. The zero-order valence-electron chi connectivity index (χ0n) is 21.1. The molecule has 1 spiro atoms. The summed E-state index contributed by atoms with van der Waals surface area (Å²) < 4.78 is 1.62. The number of para-hydroxylation sites is 2. The Labute approximate surface area is 224 Å². The van der Waals surface area contributed by atoms with Gasteiger partial charge in [-0.05, 0) is 48.7 Å². The zero-order valence-corrected chi connectivity index (χ0v) is 21.9. The monoisotopic (exact) mass is 524 g/mol. The van der Waals surface area contributed by atoms with Crippen LogP contribution in [0.25, 0.3) is 16.6 Å². The SMILES string of the molecule is Cc1ccc(Cl)cc1N1C(=O)[C@H]2[C@@H](C1=O)[C@]1(N[C@H]2C(C)C)c2ccccc2-n2c1nc1ccccc1c2=O. The predicted molar refractivity (Wildman–Crippen MR) is 146 cm³/mol. The Morgan fingerprint density at radius 2 is 1.68 bits per heavy atom. The number of carbonyl (C=O) groups is 2. The van der Waals surface area contributed by atoms with E-state index in [1.165, 1.54) is 4.90 Å². The van der Waals surface area contributed by atoms with Crippen molar-refractivity contribution in [2.24, 2.45) is 17.8 Å². The Morgan fingerprint density at radius 3 is 2.47 bits per heavy atom. The molecule has 0 saturated carbocycles. The lowest BCUT2D eigenvalue weighted by Crippen LogP contribution is -2.51. The maximum Gasteiger partial charge on any atom is 0.266 e. The van der Waals surface area contributed by atoms with E-state index in [0.29, 0.717) is 33.1 Å². The van der Waals surface area contributed by atoms with Crippen LogP contribution in [0.4, 0.5) is 5.69 Å². The van der Waals surface area contributed by atoms with E-state index in [-0.39, 0.29) is 29.3 Å². The molecule has 0 radical (unpaired) electrons. The third-order valence-corrected chi connectivity index (χ3v) is 8.66. The largest absolute Gasteiger partial charge is 0.296 e. The minimum absolute atomic E-state index is 0.0347. The molecule has 2 saturated heterocycles. The van der Waals surface area contributed by atoms with Gasteiger partial charge in [-0.2, -0.15) is 0 Å². The van der Waals surface area contributed by atoms with Gasteiger partial charge < -0.3 is 0 Å². The topological polar surface area (TPSA) is 84.3 Å². The highest BCUT2D eigenvalue weighted by atomic mass is 35.5. The molecule has 38 heavy (non-hydrogen) atoms. The molecule has 1 N–H and O–H groups in total. The third kappa shape index (κ3) is 2.78. The highest BCUT2D eigenvalue weighted by molar-refractivity contribution is 6.31. The first-order valence-corrected chi connectivity index (χ1v) is 13.2. The van der Waals surface area contributed by atoms with E-state index in [9.17, 15) is 14.4 Å². The fourth-order valence-corrected chi connectivity index (χ4v) is 6.95. The molecule has 7 nitrogen and oxygen atoms in total. The maximum absolute atomic E-state index is 14.5. The van der Waals surface area contributed by atoms with Gasteiger partial charge in [-0.15, -0.1) is 0 Å². The van der Waals surface area contributed by atoms with E-state index >= 15 is 0 Å². The Hall–Kier alpha value is -3.81. The summed E-state index contributed by atoms with van der Waals surface area (Å²) in [6, 6.07) is 19.7. The Morgan fingerprint density at radius 1 is 0.947 bits per heavy atom. The fourth-order valence-electron chi connectivity index (χ4n) is 6.79. The molecule has 2 amide bonds. The van der Waals surface area contributed by atoms with Crippen molar-refractivity contribution in [2.45, 2.75) is 32.4 Å². The summed E-state index contributed by atoms with van der Waals surface area (Å²) in [5.41, 5.74) is 1.96. The van der Waals surface area contributed by atoms with Crippen LogP contribution < -0.4 is 15.8 Å². The summed E-state index contributed by atoms with van der Waals surface area (Å²) in [5, 5.41) is 4.67. The molecule has 4 aromatic rings. The third-order valence-electron chi connectivity index (χ3n) is 8.43. The van der Waals surface area contributed by atoms with Gasteiger partial charge in [0.1, 0.15) is 11.4 Å². The molecule has 8 heteroatoms. The molecule has 7 rings (SSSR count). The first-order chi connectivity index (χ1) is 18.3. The molecular formula is C30H25ClN4O3. The Balaban J connectivity index is 1.54. The number of fused-ring (bicyclic) bond motifs is 8. The van der Waals surface area contributed by atoms with Gasteiger partial charge in [0.25, 0.3) is 5.56 Å². The lowest BCUT2D eigenvalue weighted by atomic mass is 9.75. The van der Waals surface area contributed by atoms with Gasteiger partial charge in [0.15, 0.2) is 0 Å².